The second-order valence-electron chi connectivity index (χ2n) is 36.6. The van der Waals surface area contributed by atoms with Crippen molar-refractivity contribution in [2.24, 2.45) is 83.4 Å². The van der Waals surface area contributed by atoms with Gasteiger partial charge in [-0.2, -0.15) is 0 Å². The van der Waals surface area contributed by atoms with E-state index in [-0.39, 0.29) is 171 Å². The number of nitrogens with zero attached hydrogens (tertiary/aromatic N) is 4. The van der Waals surface area contributed by atoms with Crippen molar-refractivity contribution in [3.8, 4) is 0 Å². The number of fused-ring (bicyclic) bond motifs is 3. The Morgan fingerprint density at radius 2 is 0.619 bits per heavy atom. The summed E-state index contributed by atoms with van der Waals surface area (Å²) in [5, 5.41) is 83.0. The lowest BCUT2D eigenvalue weighted by atomic mass is 10.0. The Labute approximate surface area is 848 Å². The number of para-hydroxylation sites is 3. The van der Waals surface area contributed by atoms with Crippen molar-refractivity contribution < 1.29 is 102 Å². The number of hydrogen-bond donors (Lipinski definition) is 31. The van der Waals surface area contributed by atoms with Gasteiger partial charge in [0.1, 0.15) is 84.6 Å². The van der Waals surface area contributed by atoms with Crippen LogP contribution < -0.4 is 131 Å². The van der Waals surface area contributed by atoms with Crippen LogP contribution in [0.2, 0.25) is 0 Å². The summed E-state index contributed by atoms with van der Waals surface area (Å²) in [6.45, 7) is 10.6. The zero-order valence-electron chi connectivity index (χ0n) is 83.7. The Morgan fingerprint density at radius 3 is 0.959 bits per heavy atom. The highest BCUT2D eigenvalue weighted by molar-refractivity contribution is 6.02. The third-order valence-electron chi connectivity index (χ3n) is 23.4. The van der Waals surface area contributed by atoms with Crippen molar-refractivity contribution in [3.63, 3.8) is 0 Å². The molecule has 40 N–H and O–H groups in total. The second kappa shape index (κ2) is 60.7. The first-order chi connectivity index (χ1) is 69.6. The predicted octanol–water partition coefficient (Wildman–Crippen LogP) is -5.75. The molecule has 52 nitrogen and oxygen atoms in total. The molecule has 0 aliphatic rings. The molecule has 52 heteroatoms. The molecule has 0 saturated heterocycles. The molecule has 147 heavy (non-hydrogen) atoms. The monoisotopic (exact) mass is 2060 g/mol. The summed E-state index contributed by atoms with van der Waals surface area (Å²) in [7, 11) is 0. The lowest BCUT2D eigenvalue weighted by Crippen LogP contribution is -2.62. The van der Waals surface area contributed by atoms with Crippen molar-refractivity contribution in [2.75, 3.05) is 39.3 Å². The highest BCUT2D eigenvalue weighted by Crippen LogP contribution is 2.25. The number of guanidine groups is 4. The Morgan fingerprint density at radius 1 is 0.327 bits per heavy atom. The lowest BCUT2D eigenvalue weighted by Gasteiger charge is -2.29. The summed E-state index contributed by atoms with van der Waals surface area (Å²) in [6.07, 6.45) is -1.73. The van der Waals surface area contributed by atoms with E-state index in [1.807, 2.05) is 18.2 Å². The second-order valence-corrected chi connectivity index (χ2v) is 36.6. The number of nitrogens with two attached hydrogens (primary N) is 9. The number of benzene rings is 3. The van der Waals surface area contributed by atoms with E-state index < -0.39 is 217 Å². The summed E-state index contributed by atoms with van der Waals surface area (Å²) in [4.78, 5) is 267. The van der Waals surface area contributed by atoms with Crippen LogP contribution in [0.15, 0.2) is 111 Å². The molecule has 16 atom stereocenters. The standard InChI is InChI=1S/C95H145N31O21/c1-48(2)39-69(79(134)112-47-74(130)115-70(40-49(3)4)85(140)113-50(5)78(133)121-68(91(146)147)31-20-38-108-95(103)104)122-81(136)63(27-15-16-34-96)116-83(138)67(32-33-75(131)132)120-90(145)76(51(6)127)125-84(139)66(30-19-37-107-94(101)102)118-87(142)72(42-55-45-110-61-25-13-10-22-58(55)61)123-82(137)64(28-17-35-105-92(97)98)117-80(135)65(29-18-36-106-93(99)100)119-89(144)77(52(7)128)126-88(143)73(43-56-46-111-62-26-14-11-23-59(56)62)124-86(141)71(114-53(8)129)41-54-44-109-60-24-12-9-21-57(54)60/h9-14,21-26,44-46,48-52,63-73,76-77,109-111,127-128H,15-20,27-43,47,96H2,1-8H3,(H,112,134)(H,113,140)(H,114,129)(H,115,130)(H,116,138)(H,117,135)(H,118,142)(H,119,144)(H,120,145)(H,121,133)(H,122,136)(H,123,137)(H,124,141)(H,125,139)(H,126,143)(H,131,132)(H,146,147)(H4,97,98,105)(H4,99,100,106)(H4,101,102,107)(H4,103,104,108)/t50-,51+,52+,63-,64-,65-,66-,67-,68-,69-,70-,71-,72-,73-,76-,77-/m0/s1. The number of aliphatic carboxylic acids is 2. The van der Waals surface area contributed by atoms with Crippen LogP contribution in [0, 0.1) is 11.8 Å². The number of rotatable bonds is 65. The van der Waals surface area contributed by atoms with Crippen molar-refractivity contribution in [1.82, 2.24) is 94.7 Å². The van der Waals surface area contributed by atoms with E-state index >= 15 is 19.2 Å². The molecule has 0 aliphatic carbocycles. The Balaban J connectivity index is 1.26. The number of aliphatic imine (C=N–C) groups is 4. The molecule has 806 valence electrons. The molecule has 15 amide bonds. The van der Waals surface area contributed by atoms with Crippen LogP contribution in [-0.4, -0.2) is 296 Å². The van der Waals surface area contributed by atoms with Crippen LogP contribution >= 0.6 is 0 Å². The van der Waals surface area contributed by atoms with E-state index in [0.29, 0.717) is 38.5 Å². The van der Waals surface area contributed by atoms with E-state index in [4.69, 9.17) is 51.6 Å². The number of hydrogen-bond acceptors (Lipinski definition) is 24. The minimum atomic E-state index is -2.06. The Bertz CT molecular complexity index is 5600. The topological polar surface area (TPSA) is 883 Å². The summed E-state index contributed by atoms with van der Waals surface area (Å²) >= 11 is 0. The van der Waals surface area contributed by atoms with Gasteiger partial charge in [-0.3, -0.25) is 96.7 Å². The van der Waals surface area contributed by atoms with Gasteiger partial charge in [-0.15, -0.1) is 0 Å². The molecule has 0 spiro atoms. The third-order valence-corrected chi connectivity index (χ3v) is 23.4. The number of H-pyrrole nitrogens is 3. The van der Waals surface area contributed by atoms with Gasteiger partial charge >= 0.3 is 11.9 Å². The molecule has 3 aromatic carbocycles. The van der Waals surface area contributed by atoms with Crippen LogP contribution in [0.3, 0.4) is 0 Å². The van der Waals surface area contributed by atoms with Gasteiger partial charge < -0.3 is 167 Å². The van der Waals surface area contributed by atoms with Gasteiger partial charge in [-0.25, -0.2) is 4.79 Å². The largest absolute Gasteiger partial charge is 0.481 e. The number of carboxylic acid groups (broad SMARTS) is 2. The molecule has 0 aliphatic heterocycles. The quantitative estimate of drug-likeness (QED) is 0.00961. The fourth-order valence-electron chi connectivity index (χ4n) is 15.9. The van der Waals surface area contributed by atoms with Crippen LogP contribution in [0.1, 0.15) is 168 Å². The number of aliphatic hydroxyl groups excluding tert-OH is 2. The minimum absolute atomic E-state index is 0.0274. The molecule has 6 rings (SSSR count). The molecular weight excluding hydrogens is 1910 g/mol. The highest BCUT2D eigenvalue weighted by Gasteiger charge is 2.41. The van der Waals surface area contributed by atoms with Crippen LogP contribution in [0.4, 0.5) is 0 Å². The van der Waals surface area contributed by atoms with Gasteiger partial charge in [-0.1, -0.05) is 82.3 Å². The van der Waals surface area contributed by atoms with Gasteiger partial charge in [0.25, 0.3) is 0 Å². The maximum Gasteiger partial charge on any atom is 0.326 e. The first-order valence-electron chi connectivity index (χ1n) is 48.5. The molecule has 3 heterocycles. The third kappa shape index (κ3) is 41.5. The minimum Gasteiger partial charge on any atom is -0.481 e. The summed E-state index contributed by atoms with van der Waals surface area (Å²) in [6, 6.07) is -1.23. The molecule has 3 aromatic heterocycles. The Hall–Kier alpha value is -15.8. The zero-order valence-corrected chi connectivity index (χ0v) is 83.7. The number of amides is 15. The molecular formula is C95H145N31O21. The van der Waals surface area contributed by atoms with E-state index in [1.54, 1.807) is 101 Å². The van der Waals surface area contributed by atoms with E-state index in [9.17, 15) is 82.8 Å². The number of carbonyl (C=O) groups excluding carboxylic acids is 15. The molecule has 0 saturated carbocycles. The van der Waals surface area contributed by atoms with Gasteiger partial charge in [0.2, 0.25) is 88.6 Å². The lowest BCUT2D eigenvalue weighted by molar-refractivity contribution is -0.142. The number of aromatic amines is 3. The fraction of sp³-hybridized carbons (Fsp3) is 0.526. The van der Waals surface area contributed by atoms with Crippen molar-refractivity contribution in [1.29, 1.82) is 0 Å². The van der Waals surface area contributed by atoms with E-state index in [2.05, 4.69) is 115 Å². The average Bonchev–Trinajstić information content (AvgIpc) is 1.69. The normalized spacial score (nSPS) is 14.5. The zero-order chi connectivity index (χ0) is 109. The number of aliphatic hydroxyl groups is 2. The average molecular weight is 2060 g/mol. The maximum absolute atomic E-state index is 15.5. The molecule has 6 aromatic rings. The number of nitrogens with one attached hydrogen (secondary N) is 18. The predicted molar refractivity (Wildman–Crippen MR) is 547 cm³/mol. The van der Waals surface area contributed by atoms with Gasteiger partial charge in [0.05, 0.1) is 18.8 Å². The van der Waals surface area contributed by atoms with Crippen molar-refractivity contribution >= 4 is 157 Å². The molecule has 0 radical (unpaired) electrons. The summed E-state index contributed by atoms with van der Waals surface area (Å²) in [5.74, 6) is -19.5. The summed E-state index contributed by atoms with van der Waals surface area (Å²) < 4.78 is 0. The SMILES string of the molecule is CC(=O)N[C@@H](Cc1c[nH]c2ccccc12)C(=O)N[C@@H](Cc1c[nH]c2ccccc12)C(=O)N[C@H](C(=O)N[C@@H](CCCN=C(N)N)C(=O)N[C@@H](CCCN=C(N)N)C(=O)N[C@@H](Cc1c[nH]c2ccccc12)C(=O)N[C@@H](CCCN=C(N)N)C(=O)N[C@H](C(=O)N[C@@H](CCC(=O)O)C(=O)N[C@@H](CCCCN)C(=O)N[C@@H](CC(C)C)C(=O)NCC(=O)N[C@@H](CC(C)C)C(=O)N[C@@H](C)C(=O)N[C@@H](CCCN=C(N)N)C(=O)O)[C@@H](C)O)[C@@H](C)O. The van der Waals surface area contributed by atoms with Gasteiger partial charge in [0.15, 0.2) is 23.8 Å². The first-order valence-corrected chi connectivity index (χ1v) is 48.5. The summed E-state index contributed by atoms with van der Waals surface area (Å²) in [5.41, 5.74) is 54.3. The van der Waals surface area contributed by atoms with Crippen LogP contribution in [-0.2, 0) is 101 Å². The molecule has 0 fully saturated rings. The first kappa shape index (κ1) is 120. The molecule has 0 bridgehead atoms. The van der Waals surface area contributed by atoms with Crippen LogP contribution in [0.5, 0.6) is 0 Å². The van der Waals surface area contributed by atoms with Crippen LogP contribution in [0.25, 0.3) is 32.7 Å². The number of carbonyl (C=O) groups is 17. The van der Waals surface area contributed by atoms with Gasteiger partial charge in [-0.05, 0) is 164 Å². The number of aromatic nitrogens is 3. The highest BCUT2D eigenvalue weighted by atomic mass is 16.4. The van der Waals surface area contributed by atoms with E-state index in [1.165, 1.54) is 20.8 Å². The van der Waals surface area contributed by atoms with Crippen molar-refractivity contribution in [3.05, 3.63) is 108 Å². The number of carboxylic acids is 2. The molecule has 0 unspecified atom stereocenters. The Kier molecular flexibility index (Phi) is 49.6. The smallest absolute Gasteiger partial charge is 0.326 e. The van der Waals surface area contributed by atoms with Crippen molar-refractivity contribution in [2.45, 2.75) is 268 Å². The van der Waals surface area contributed by atoms with Gasteiger partial charge in [0, 0.05) is 110 Å². The number of unbranched alkanes of at least 4 members (excludes halogenated alkanes) is 1. The maximum atomic E-state index is 15.5. The van der Waals surface area contributed by atoms with E-state index in [0.717, 1.165) is 17.8 Å². The fourth-order valence-corrected chi connectivity index (χ4v) is 15.9.